The third-order valence-electron chi connectivity index (χ3n) is 5.84. The van der Waals surface area contributed by atoms with Gasteiger partial charge >= 0.3 is 0 Å². The lowest BCUT2D eigenvalue weighted by atomic mass is 9.97. The quantitative estimate of drug-likeness (QED) is 0.548. The minimum Gasteiger partial charge on any atom is -0.352 e. The summed E-state index contributed by atoms with van der Waals surface area (Å²) in [5, 5.41) is 5.05. The number of halogens is 1. The lowest BCUT2D eigenvalue weighted by Crippen LogP contribution is -2.35. The smallest absolute Gasteiger partial charge is 0.170 e. The van der Waals surface area contributed by atoms with Crippen molar-refractivity contribution in [1.29, 1.82) is 0 Å². The van der Waals surface area contributed by atoms with Crippen LogP contribution in [0, 0.1) is 13.8 Å². The number of likely N-dealkylation sites (N-methyl/N-ethyl adjacent to an activating group) is 1. The molecule has 1 aliphatic heterocycles. The van der Waals surface area contributed by atoms with Crippen LogP contribution in [0.3, 0.4) is 0 Å². The van der Waals surface area contributed by atoms with Crippen LogP contribution in [0.5, 0.6) is 0 Å². The summed E-state index contributed by atoms with van der Waals surface area (Å²) in [7, 11) is 4.17. The number of nitrogens with one attached hydrogen (secondary N) is 1. The van der Waals surface area contributed by atoms with Crippen LogP contribution >= 0.6 is 23.8 Å². The first-order valence-corrected chi connectivity index (χ1v) is 11.2. The van der Waals surface area contributed by atoms with Gasteiger partial charge in [0.05, 0.1) is 17.8 Å². The topological polar surface area (TPSA) is 36.3 Å². The van der Waals surface area contributed by atoms with Gasteiger partial charge in [0, 0.05) is 41.4 Å². The predicted molar refractivity (Wildman–Crippen MR) is 131 cm³/mol. The summed E-state index contributed by atoms with van der Waals surface area (Å²) in [4.78, 5) is 9.13. The summed E-state index contributed by atoms with van der Waals surface area (Å²) in [6, 6.07) is 16.3. The summed E-state index contributed by atoms with van der Waals surface area (Å²) >= 11 is 12.1. The van der Waals surface area contributed by atoms with Gasteiger partial charge in [0.15, 0.2) is 5.11 Å². The van der Waals surface area contributed by atoms with Crippen molar-refractivity contribution in [1.82, 2.24) is 24.7 Å². The number of hydrogen-bond donors (Lipinski definition) is 1. The Morgan fingerprint density at radius 1 is 1.13 bits per heavy atom. The molecule has 0 bridgehead atoms. The Kier molecular flexibility index (Phi) is 6.32. The maximum atomic E-state index is 6.29. The molecule has 2 aromatic heterocycles. The van der Waals surface area contributed by atoms with Crippen LogP contribution in [0.15, 0.2) is 54.7 Å². The average Bonchev–Trinajstić information content (AvgIpc) is 3.22. The van der Waals surface area contributed by atoms with Gasteiger partial charge in [0.1, 0.15) is 0 Å². The zero-order valence-electron chi connectivity index (χ0n) is 18.3. The van der Waals surface area contributed by atoms with Crippen LogP contribution in [0.2, 0.25) is 5.02 Å². The second-order valence-electron chi connectivity index (χ2n) is 8.27. The summed E-state index contributed by atoms with van der Waals surface area (Å²) in [5.74, 6) is 0. The molecule has 3 aromatic rings. The molecule has 0 radical (unpaired) electrons. The van der Waals surface area contributed by atoms with E-state index in [4.69, 9.17) is 23.8 Å². The number of aromatic nitrogens is 2. The van der Waals surface area contributed by atoms with E-state index >= 15 is 0 Å². The lowest BCUT2D eigenvalue weighted by molar-refractivity contribution is 0.277. The normalized spacial score (nSPS) is 18.6. The molecular weight excluding hydrogens is 426 g/mol. The molecule has 5 nitrogen and oxygen atoms in total. The van der Waals surface area contributed by atoms with Crippen molar-refractivity contribution in [2.45, 2.75) is 25.9 Å². The van der Waals surface area contributed by atoms with Crippen molar-refractivity contribution in [2.75, 3.05) is 27.2 Å². The zero-order valence-corrected chi connectivity index (χ0v) is 19.9. The van der Waals surface area contributed by atoms with Crippen molar-refractivity contribution in [3.8, 4) is 5.69 Å². The molecule has 1 saturated heterocycles. The predicted octanol–water partition coefficient (Wildman–Crippen LogP) is 4.68. The molecule has 3 heterocycles. The van der Waals surface area contributed by atoms with Crippen molar-refractivity contribution >= 4 is 28.9 Å². The molecule has 7 heteroatoms. The number of rotatable bonds is 6. The Morgan fingerprint density at radius 2 is 1.94 bits per heavy atom. The van der Waals surface area contributed by atoms with E-state index in [-0.39, 0.29) is 12.1 Å². The summed E-state index contributed by atoms with van der Waals surface area (Å²) in [5.41, 5.74) is 5.66. The van der Waals surface area contributed by atoms with Crippen LogP contribution in [0.4, 0.5) is 0 Å². The molecule has 1 N–H and O–H groups in total. The number of aryl methyl sites for hydroxylation is 1. The molecule has 31 heavy (non-hydrogen) atoms. The third kappa shape index (κ3) is 4.33. The molecule has 0 unspecified atom stereocenters. The average molecular weight is 454 g/mol. The summed E-state index contributed by atoms with van der Waals surface area (Å²) < 4.78 is 2.27. The van der Waals surface area contributed by atoms with E-state index in [1.807, 2.05) is 36.5 Å². The third-order valence-corrected chi connectivity index (χ3v) is 6.43. The fraction of sp³-hybridized carbons (Fsp3) is 0.333. The number of pyridine rings is 1. The van der Waals surface area contributed by atoms with Gasteiger partial charge in [-0.2, -0.15) is 0 Å². The Morgan fingerprint density at radius 3 is 2.61 bits per heavy atom. The SMILES string of the molecule is Cc1cc([C@@H]2[C@H](c3ccccn3)NC(=S)N2CCN(C)C)c(C)n1-c1cccc(Cl)c1. The minimum atomic E-state index is -0.0100. The van der Waals surface area contributed by atoms with Gasteiger partial charge < -0.3 is 19.7 Å². The van der Waals surface area contributed by atoms with Crippen LogP contribution in [-0.4, -0.2) is 51.6 Å². The van der Waals surface area contributed by atoms with Gasteiger partial charge in [-0.1, -0.05) is 23.7 Å². The van der Waals surface area contributed by atoms with Crippen molar-refractivity contribution in [3.63, 3.8) is 0 Å². The molecule has 0 amide bonds. The summed E-state index contributed by atoms with van der Waals surface area (Å²) in [6.45, 7) is 6.07. The van der Waals surface area contributed by atoms with Crippen LogP contribution in [0.25, 0.3) is 5.69 Å². The highest BCUT2D eigenvalue weighted by Crippen LogP contribution is 2.41. The van der Waals surface area contributed by atoms with Gasteiger partial charge in [-0.15, -0.1) is 0 Å². The van der Waals surface area contributed by atoms with E-state index in [9.17, 15) is 0 Å². The maximum absolute atomic E-state index is 6.29. The van der Waals surface area contributed by atoms with E-state index in [1.165, 1.54) is 17.0 Å². The number of benzene rings is 1. The fourth-order valence-corrected chi connectivity index (χ4v) is 4.91. The van der Waals surface area contributed by atoms with E-state index in [2.05, 4.69) is 70.8 Å². The molecule has 4 rings (SSSR count). The minimum absolute atomic E-state index is 0.0100. The molecule has 0 spiro atoms. The highest BCUT2D eigenvalue weighted by Gasteiger charge is 2.41. The Hall–Kier alpha value is -2.41. The highest BCUT2D eigenvalue weighted by atomic mass is 35.5. The van der Waals surface area contributed by atoms with Gasteiger partial charge in [-0.3, -0.25) is 4.98 Å². The molecule has 0 aliphatic carbocycles. The van der Waals surface area contributed by atoms with Crippen LogP contribution < -0.4 is 5.32 Å². The van der Waals surface area contributed by atoms with Gasteiger partial charge in [0.2, 0.25) is 0 Å². The highest BCUT2D eigenvalue weighted by molar-refractivity contribution is 7.80. The van der Waals surface area contributed by atoms with E-state index in [0.717, 1.165) is 34.6 Å². The van der Waals surface area contributed by atoms with Gasteiger partial charge in [0.25, 0.3) is 0 Å². The fourth-order valence-electron chi connectivity index (χ4n) is 4.39. The van der Waals surface area contributed by atoms with Crippen molar-refractivity contribution < 1.29 is 0 Å². The maximum Gasteiger partial charge on any atom is 0.170 e. The molecule has 1 aliphatic rings. The first-order valence-electron chi connectivity index (χ1n) is 10.4. The molecular formula is C24H28ClN5S. The van der Waals surface area contributed by atoms with Crippen molar-refractivity contribution in [2.24, 2.45) is 0 Å². The van der Waals surface area contributed by atoms with E-state index in [0.29, 0.717) is 0 Å². The van der Waals surface area contributed by atoms with Crippen molar-refractivity contribution in [3.05, 3.63) is 82.4 Å². The molecule has 2 atom stereocenters. The molecule has 1 aromatic carbocycles. The largest absolute Gasteiger partial charge is 0.352 e. The van der Waals surface area contributed by atoms with Gasteiger partial charge in [-0.25, -0.2) is 0 Å². The number of thiocarbonyl (C=S) groups is 1. The van der Waals surface area contributed by atoms with Crippen LogP contribution in [0.1, 0.15) is 34.7 Å². The van der Waals surface area contributed by atoms with E-state index < -0.39 is 0 Å². The number of nitrogens with zero attached hydrogens (tertiary/aromatic N) is 4. The summed E-state index contributed by atoms with van der Waals surface area (Å²) in [6.07, 6.45) is 1.84. The van der Waals surface area contributed by atoms with E-state index in [1.54, 1.807) is 0 Å². The first-order chi connectivity index (χ1) is 14.9. The Bertz CT molecular complexity index is 1080. The second-order valence-corrected chi connectivity index (χ2v) is 9.09. The second kappa shape index (κ2) is 8.99. The lowest BCUT2D eigenvalue weighted by Gasteiger charge is -2.29. The van der Waals surface area contributed by atoms with Crippen LogP contribution in [-0.2, 0) is 0 Å². The molecule has 0 saturated carbocycles. The van der Waals surface area contributed by atoms with Gasteiger partial charge in [-0.05, 0) is 82.1 Å². The Labute approximate surface area is 194 Å². The Balaban J connectivity index is 1.81. The molecule has 162 valence electrons. The monoisotopic (exact) mass is 453 g/mol. The molecule has 1 fully saturated rings. The zero-order chi connectivity index (χ0) is 22.1. The number of hydrogen-bond acceptors (Lipinski definition) is 3. The standard InChI is InChI=1S/C24H28ClN5S/c1-16-14-20(17(2)30(16)19-9-7-8-18(25)15-19)23-22(21-10-5-6-11-26-21)27-24(31)29(23)13-12-28(3)4/h5-11,14-15,22-23H,12-13H2,1-4H3,(H,27,31)/t22-,23+/m0/s1. The first kappa shape index (κ1) is 21.8.